The Labute approximate surface area is 181 Å². The van der Waals surface area contributed by atoms with E-state index in [1.54, 1.807) is 11.9 Å². The molecule has 1 saturated heterocycles. The number of hydrogen-bond donors (Lipinski definition) is 0. The third kappa shape index (κ3) is 3.04. The molecule has 5 rings (SSSR count). The summed E-state index contributed by atoms with van der Waals surface area (Å²) in [6.45, 7) is 0. The number of fused-ring (bicyclic) bond motifs is 2. The summed E-state index contributed by atoms with van der Waals surface area (Å²) in [5.74, 6) is -0.000172. The number of hydrogen-bond acceptors (Lipinski definition) is 4. The van der Waals surface area contributed by atoms with Crippen LogP contribution in [0.5, 0.6) is 0 Å². The number of carbonyl (C=O) groups excluding carboxylic acids is 1. The first-order valence-electron chi connectivity index (χ1n) is 8.89. The van der Waals surface area contributed by atoms with Gasteiger partial charge in [-0.1, -0.05) is 0 Å². The van der Waals surface area contributed by atoms with Crippen molar-refractivity contribution in [2.45, 2.75) is 0 Å². The molecule has 0 saturated carbocycles. The molecule has 3 aromatic rings. The van der Waals surface area contributed by atoms with Gasteiger partial charge in [-0.05, 0) is 0 Å². The molecule has 2 aromatic carbocycles. The second-order valence-corrected chi connectivity index (χ2v) is 12.5. The van der Waals surface area contributed by atoms with Gasteiger partial charge < -0.3 is 0 Å². The van der Waals surface area contributed by atoms with Crippen LogP contribution in [0.2, 0.25) is 0 Å². The third-order valence-electron chi connectivity index (χ3n) is 4.94. The van der Waals surface area contributed by atoms with Crippen LogP contribution in [0.4, 0.5) is 15.9 Å². The van der Waals surface area contributed by atoms with E-state index in [1.807, 2.05) is 6.08 Å². The minimum atomic E-state index is -0.462. The van der Waals surface area contributed by atoms with Gasteiger partial charge in [-0.2, -0.15) is 0 Å². The van der Waals surface area contributed by atoms with Crippen molar-refractivity contribution in [2.24, 2.45) is 0 Å². The Morgan fingerprint density at radius 3 is 2.25 bits per heavy atom. The van der Waals surface area contributed by atoms with E-state index in [2.05, 4.69) is 65.6 Å². The van der Waals surface area contributed by atoms with Gasteiger partial charge in [-0.3, -0.25) is 0 Å². The molecular formula is C21H16N2OS2SeSi. The van der Waals surface area contributed by atoms with E-state index in [0.717, 1.165) is 4.91 Å². The molecule has 3 nitrogen and oxygen atoms in total. The number of likely N-dealkylation sites (N-methyl/N-ethyl adjacent to an activating group) is 1. The number of amides is 1. The molecule has 0 aliphatic carbocycles. The predicted octanol–water partition coefficient (Wildman–Crippen LogP) is 2.48. The van der Waals surface area contributed by atoms with Crippen molar-refractivity contribution in [3.8, 4) is 0 Å². The maximum atomic E-state index is 12.3. The van der Waals surface area contributed by atoms with E-state index in [9.17, 15) is 4.79 Å². The van der Waals surface area contributed by atoms with Crippen molar-refractivity contribution >= 4 is 90.6 Å². The van der Waals surface area contributed by atoms with Crippen molar-refractivity contribution in [2.75, 3.05) is 11.9 Å². The standard InChI is InChI=1S/C21H16N2OS2SeSi/c1-22-20(24)16(26-21(22)25)12-13-10-11-19(27-13)23-14-6-2-4-8-17(14)28-18-9-5-3-7-15(18)23/h2-12H,28H2,1H3/b16-12+. The van der Waals surface area contributed by atoms with Gasteiger partial charge in [0.2, 0.25) is 0 Å². The van der Waals surface area contributed by atoms with Crippen molar-refractivity contribution < 1.29 is 4.79 Å². The summed E-state index contributed by atoms with van der Waals surface area (Å²) in [6.07, 6.45) is 2.02. The predicted molar refractivity (Wildman–Crippen MR) is 127 cm³/mol. The Hall–Kier alpha value is -1.89. The molecule has 1 aromatic heterocycles. The number of para-hydroxylation sites is 2. The number of nitrogens with zero attached hydrogens (tertiary/aromatic N) is 2. The first-order chi connectivity index (χ1) is 13.6. The molecule has 138 valence electrons. The van der Waals surface area contributed by atoms with Crippen LogP contribution in [0.25, 0.3) is 6.08 Å². The van der Waals surface area contributed by atoms with Crippen molar-refractivity contribution in [1.82, 2.24) is 4.90 Å². The van der Waals surface area contributed by atoms with Gasteiger partial charge in [0.1, 0.15) is 0 Å². The van der Waals surface area contributed by atoms with Crippen molar-refractivity contribution in [3.63, 3.8) is 0 Å². The molecule has 0 spiro atoms. The first kappa shape index (κ1) is 18.2. The van der Waals surface area contributed by atoms with E-state index in [0.29, 0.717) is 4.32 Å². The Morgan fingerprint density at radius 1 is 1.00 bits per heavy atom. The number of rotatable bonds is 2. The molecule has 7 heteroatoms. The fraction of sp³-hybridized carbons (Fsp3) is 0.0476. The summed E-state index contributed by atoms with van der Waals surface area (Å²) >= 11 is 6.77. The van der Waals surface area contributed by atoms with Gasteiger partial charge in [-0.15, -0.1) is 0 Å². The summed E-state index contributed by atoms with van der Waals surface area (Å²) in [5.41, 5.74) is 2.63. The number of anilines is 3. The fourth-order valence-electron chi connectivity index (χ4n) is 3.54. The van der Waals surface area contributed by atoms with E-state index in [1.165, 1.54) is 42.5 Å². The topological polar surface area (TPSA) is 23.6 Å². The summed E-state index contributed by atoms with van der Waals surface area (Å²) in [5, 5.41) is 2.97. The minimum absolute atomic E-state index is 0.000172. The van der Waals surface area contributed by atoms with Crippen LogP contribution >= 0.6 is 24.0 Å². The zero-order valence-electron chi connectivity index (χ0n) is 15.1. The molecule has 0 N–H and O–H groups in total. The Kier molecular flexibility index (Phi) is 4.65. The molecule has 1 fully saturated rings. The maximum absolute atomic E-state index is 12.3. The number of benzene rings is 2. The zero-order chi connectivity index (χ0) is 19.3. The molecule has 28 heavy (non-hydrogen) atoms. The Morgan fingerprint density at radius 2 is 1.64 bits per heavy atom. The van der Waals surface area contributed by atoms with Crippen LogP contribution in [0.3, 0.4) is 0 Å². The van der Waals surface area contributed by atoms with Crippen LogP contribution < -0.4 is 15.3 Å². The molecule has 0 radical (unpaired) electrons. The third-order valence-corrected chi connectivity index (χ3v) is 10.5. The van der Waals surface area contributed by atoms with Gasteiger partial charge in [0, 0.05) is 0 Å². The number of thioether (sulfide) groups is 1. The van der Waals surface area contributed by atoms with Gasteiger partial charge in [0.15, 0.2) is 0 Å². The SMILES string of the molecule is CN1C(=O)/C(=C\c2ccc(N3c4ccccc4[SiH2]c4ccccc43)[se]2)SC1=S. The molecular weight excluding hydrogens is 467 g/mol. The molecule has 2 aliphatic rings. The zero-order valence-corrected chi connectivity index (χ0v) is 19.8. The second kappa shape index (κ2) is 7.17. The fourth-order valence-corrected chi connectivity index (χ4v) is 8.77. The van der Waals surface area contributed by atoms with Crippen LogP contribution in [0, 0.1) is 0 Å². The van der Waals surface area contributed by atoms with Gasteiger partial charge >= 0.3 is 182 Å². The molecule has 0 bridgehead atoms. The molecule has 3 heterocycles. The molecule has 0 atom stereocenters. The van der Waals surface area contributed by atoms with E-state index >= 15 is 0 Å². The summed E-state index contributed by atoms with van der Waals surface area (Å²) in [7, 11) is 1.28. The Balaban J connectivity index is 1.57. The Bertz CT molecular complexity index is 1110. The van der Waals surface area contributed by atoms with Crippen molar-refractivity contribution in [3.05, 3.63) is 70.0 Å². The summed E-state index contributed by atoms with van der Waals surface area (Å²) < 4.78 is 3.13. The molecule has 2 aliphatic heterocycles. The monoisotopic (exact) mass is 484 g/mol. The van der Waals surface area contributed by atoms with Crippen LogP contribution in [0.1, 0.15) is 4.44 Å². The van der Waals surface area contributed by atoms with Crippen LogP contribution in [0.15, 0.2) is 65.6 Å². The van der Waals surface area contributed by atoms with Crippen molar-refractivity contribution in [1.29, 1.82) is 0 Å². The van der Waals surface area contributed by atoms with Crippen LogP contribution in [-0.4, -0.2) is 46.2 Å². The number of carbonyl (C=O) groups is 1. The number of thiocarbonyl (C=S) groups is 1. The van der Waals surface area contributed by atoms with Gasteiger partial charge in [-0.25, -0.2) is 0 Å². The van der Waals surface area contributed by atoms with Crippen LogP contribution in [-0.2, 0) is 4.79 Å². The summed E-state index contributed by atoms with van der Waals surface area (Å²) in [6, 6.07) is 21.9. The molecule has 0 unspecified atom stereocenters. The van der Waals surface area contributed by atoms with Gasteiger partial charge in [0.05, 0.1) is 0 Å². The van der Waals surface area contributed by atoms with E-state index in [-0.39, 0.29) is 20.4 Å². The normalized spacial score (nSPS) is 17.2. The van der Waals surface area contributed by atoms with E-state index in [4.69, 9.17) is 12.2 Å². The molecule has 1 amide bonds. The first-order valence-corrected chi connectivity index (χ1v) is 13.2. The second-order valence-electron chi connectivity index (χ2n) is 6.69. The quantitative estimate of drug-likeness (QED) is 0.248. The van der Waals surface area contributed by atoms with E-state index < -0.39 is 9.52 Å². The summed E-state index contributed by atoms with van der Waals surface area (Å²) in [4.78, 5) is 17.0. The average molecular weight is 484 g/mol. The van der Waals surface area contributed by atoms with Gasteiger partial charge in [0.25, 0.3) is 0 Å². The average Bonchev–Trinajstić information content (AvgIpc) is 3.26.